The normalized spacial score (nSPS) is 11.7. The zero-order valence-electron chi connectivity index (χ0n) is 18.0. The van der Waals surface area contributed by atoms with Crippen molar-refractivity contribution in [1.82, 2.24) is 25.6 Å². The van der Waals surface area contributed by atoms with Gasteiger partial charge in [0, 0.05) is 25.5 Å². The lowest BCUT2D eigenvalue weighted by atomic mass is 10.1. The van der Waals surface area contributed by atoms with Crippen molar-refractivity contribution in [3.63, 3.8) is 0 Å². The average molecular weight is 459 g/mol. The van der Waals surface area contributed by atoms with Crippen LogP contribution in [0.2, 0.25) is 0 Å². The minimum atomic E-state index is -0.721. The van der Waals surface area contributed by atoms with Crippen molar-refractivity contribution in [2.24, 2.45) is 0 Å². The van der Waals surface area contributed by atoms with Crippen molar-refractivity contribution >= 4 is 5.91 Å². The fourth-order valence-electron chi connectivity index (χ4n) is 3.34. The summed E-state index contributed by atoms with van der Waals surface area (Å²) in [5, 5.41) is 26.5. The third-order valence-electron chi connectivity index (χ3n) is 5.12. The lowest BCUT2D eigenvalue weighted by molar-refractivity contribution is 0.0941. The van der Waals surface area contributed by atoms with E-state index in [1.807, 2.05) is 42.5 Å². The van der Waals surface area contributed by atoms with E-state index in [4.69, 9.17) is 0 Å². The van der Waals surface area contributed by atoms with E-state index in [0.717, 1.165) is 11.1 Å². The Labute approximate surface area is 195 Å². The zero-order chi connectivity index (χ0) is 23.9. The second kappa shape index (κ2) is 10.5. The number of halogens is 1. The van der Waals surface area contributed by atoms with E-state index in [2.05, 4.69) is 25.6 Å². The lowest BCUT2D eigenvalue weighted by Gasteiger charge is -2.19. The van der Waals surface area contributed by atoms with E-state index in [1.54, 1.807) is 12.4 Å². The Kier molecular flexibility index (Phi) is 7.04. The molecule has 2 aromatic carbocycles. The minimum Gasteiger partial charge on any atom is -0.501 e. The molecule has 0 aliphatic carbocycles. The molecule has 1 amide bonds. The molecule has 4 aromatic rings. The van der Waals surface area contributed by atoms with Crippen LogP contribution in [-0.2, 0) is 13.1 Å². The first-order chi connectivity index (χ1) is 16.5. The van der Waals surface area contributed by atoms with Crippen LogP contribution in [0.3, 0.4) is 0 Å². The number of nitrogens with zero attached hydrogens (tertiary/aromatic N) is 3. The van der Waals surface area contributed by atoms with Gasteiger partial charge < -0.3 is 15.5 Å². The molecule has 0 spiro atoms. The van der Waals surface area contributed by atoms with Gasteiger partial charge in [0.15, 0.2) is 11.5 Å². The van der Waals surface area contributed by atoms with Gasteiger partial charge in [-0.15, -0.1) is 0 Å². The highest BCUT2D eigenvalue weighted by Crippen LogP contribution is 2.29. The number of carbonyl (C=O) groups excluding carboxylic acids is 1. The molecular weight excluding hydrogens is 437 g/mol. The predicted octanol–water partition coefficient (Wildman–Crippen LogP) is 3.23. The van der Waals surface area contributed by atoms with Crippen molar-refractivity contribution in [2.75, 3.05) is 0 Å². The maximum atomic E-state index is 13.1. The molecule has 2 aromatic heterocycles. The molecule has 34 heavy (non-hydrogen) atoms. The number of benzene rings is 2. The molecule has 9 heteroatoms. The second-order valence-electron chi connectivity index (χ2n) is 7.49. The number of amides is 1. The van der Waals surface area contributed by atoms with Crippen LogP contribution in [0.25, 0.3) is 0 Å². The van der Waals surface area contributed by atoms with E-state index in [1.165, 1.54) is 24.3 Å². The van der Waals surface area contributed by atoms with Crippen LogP contribution in [0.5, 0.6) is 11.6 Å². The molecule has 0 fully saturated rings. The van der Waals surface area contributed by atoms with E-state index in [0.29, 0.717) is 12.1 Å². The van der Waals surface area contributed by atoms with Crippen LogP contribution in [0.1, 0.15) is 39.0 Å². The quantitative estimate of drug-likeness (QED) is 0.319. The molecule has 8 nitrogen and oxygen atoms in total. The average Bonchev–Trinajstić information content (AvgIpc) is 2.87. The molecule has 0 aliphatic heterocycles. The fraction of sp³-hybridized carbons (Fsp3) is 0.120. The largest absolute Gasteiger partial charge is 0.501 e. The second-order valence-corrected chi connectivity index (χ2v) is 7.49. The maximum Gasteiger partial charge on any atom is 0.274 e. The van der Waals surface area contributed by atoms with E-state index in [-0.39, 0.29) is 23.9 Å². The molecule has 0 radical (unpaired) electrons. The van der Waals surface area contributed by atoms with E-state index in [9.17, 15) is 19.4 Å². The topological polar surface area (TPSA) is 120 Å². The number of hydrogen-bond donors (Lipinski definition) is 4. The molecule has 2 heterocycles. The van der Waals surface area contributed by atoms with Gasteiger partial charge in [-0.1, -0.05) is 42.5 Å². The molecule has 172 valence electrons. The fourth-order valence-corrected chi connectivity index (χ4v) is 3.34. The summed E-state index contributed by atoms with van der Waals surface area (Å²) in [5.74, 6) is -2.40. The van der Waals surface area contributed by atoms with E-state index >= 15 is 0 Å². The summed E-state index contributed by atoms with van der Waals surface area (Å²) >= 11 is 0. The summed E-state index contributed by atoms with van der Waals surface area (Å²) in [7, 11) is 0. The van der Waals surface area contributed by atoms with Gasteiger partial charge in [0.25, 0.3) is 11.8 Å². The Morgan fingerprint density at radius 1 is 0.882 bits per heavy atom. The summed E-state index contributed by atoms with van der Waals surface area (Å²) in [5.41, 5.74) is 2.07. The predicted molar refractivity (Wildman–Crippen MR) is 122 cm³/mol. The molecule has 4 N–H and O–H groups in total. The van der Waals surface area contributed by atoms with Crippen LogP contribution in [0, 0.1) is 5.82 Å². The molecule has 0 aliphatic rings. The summed E-state index contributed by atoms with van der Waals surface area (Å²) in [6.45, 7) is 0.528. The van der Waals surface area contributed by atoms with Gasteiger partial charge in [0.2, 0.25) is 5.75 Å². The third kappa shape index (κ3) is 5.51. The zero-order valence-corrected chi connectivity index (χ0v) is 18.0. The van der Waals surface area contributed by atoms with Crippen molar-refractivity contribution in [3.05, 3.63) is 113 Å². The Balaban J connectivity index is 1.61. The summed E-state index contributed by atoms with van der Waals surface area (Å²) in [6, 6.07) is 18.1. The number of nitrogens with one attached hydrogen (secondary N) is 2. The monoisotopic (exact) mass is 459 g/mol. The first-order valence-corrected chi connectivity index (χ1v) is 10.5. The number of aromatic hydroxyl groups is 2. The number of hydrogen-bond acceptors (Lipinski definition) is 7. The minimum absolute atomic E-state index is 0.0844. The lowest BCUT2D eigenvalue weighted by Crippen LogP contribution is -2.27. The van der Waals surface area contributed by atoms with Crippen molar-refractivity contribution in [3.8, 4) is 11.6 Å². The Bertz CT molecular complexity index is 1260. The highest BCUT2D eigenvalue weighted by Gasteiger charge is 2.24. The van der Waals surface area contributed by atoms with Crippen LogP contribution in [0.15, 0.2) is 79.1 Å². The summed E-state index contributed by atoms with van der Waals surface area (Å²) in [6.07, 6.45) is 3.36. The van der Waals surface area contributed by atoms with Gasteiger partial charge in [0.05, 0.1) is 6.04 Å². The van der Waals surface area contributed by atoms with Crippen molar-refractivity contribution < 1.29 is 19.4 Å². The Hall–Kier alpha value is -4.37. The van der Waals surface area contributed by atoms with Crippen LogP contribution in [-0.4, -0.2) is 31.1 Å². The van der Waals surface area contributed by atoms with Crippen molar-refractivity contribution in [1.29, 1.82) is 0 Å². The standard InChI is InChI=1S/C25H22FN5O3/c26-19-8-6-16(7-9-19)15-29-24(33)21-22(32)25(34)31-23(30-21)20(18-4-2-1-3-5-18)28-14-17-10-12-27-13-11-17/h1-13,20,28,32H,14-15H2,(H,29,33)(H,30,31,34). The smallest absolute Gasteiger partial charge is 0.274 e. The number of pyridine rings is 1. The maximum absolute atomic E-state index is 13.1. The first kappa shape index (κ1) is 22.8. The van der Waals surface area contributed by atoms with Gasteiger partial charge >= 0.3 is 0 Å². The number of aromatic nitrogens is 3. The third-order valence-corrected chi connectivity index (χ3v) is 5.12. The highest BCUT2D eigenvalue weighted by atomic mass is 19.1. The molecule has 1 atom stereocenters. The van der Waals surface area contributed by atoms with Gasteiger partial charge in [-0.2, -0.15) is 4.98 Å². The van der Waals surface area contributed by atoms with Crippen LogP contribution < -0.4 is 10.6 Å². The molecule has 0 bridgehead atoms. The Morgan fingerprint density at radius 3 is 2.26 bits per heavy atom. The molecule has 0 saturated carbocycles. The number of carbonyl (C=O) groups is 1. The summed E-state index contributed by atoms with van der Waals surface area (Å²) < 4.78 is 13.1. The molecule has 1 unspecified atom stereocenters. The van der Waals surface area contributed by atoms with Gasteiger partial charge in [0.1, 0.15) is 5.82 Å². The SMILES string of the molecule is O=C(NCc1ccc(F)cc1)c1nc(C(NCc2ccncc2)c2ccccc2)nc(O)c1O. The first-order valence-electron chi connectivity index (χ1n) is 10.5. The summed E-state index contributed by atoms with van der Waals surface area (Å²) in [4.78, 5) is 25.1. The molecule has 4 rings (SSSR count). The molecular formula is C25H22FN5O3. The molecule has 0 saturated heterocycles. The van der Waals surface area contributed by atoms with Crippen LogP contribution >= 0.6 is 0 Å². The Morgan fingerprint density at radius 2 is 1.56 bits per heavy atom. The van der Waals surface area contributed by atoms with Gasteiger partial charge in [-0.25, -0.2) is 9.37 Å². The van der Waals surface area contributed by atoms with Gasteiger partial charge in [-0.3, -0.25) is 15.1 Å². The van der Waals surface area contributed by atoms with Crippen molar-refractivity contribution in [2.45, 2.75) is 19.1 Å². The van der Waals surface area contributed by atoms with Gasteiger partial charge in [-0.05, 0) is 41.0 Å². The van der Waals surface area contributed by atoms with Crippen LogP contribution in [0.4, 0.5) is 4.39 Å². The highest BCUT2D eigenvalue weighted by molar-refractivity contribution is 5.95. The van der Waals surface area contributed by atoms with E-state index < -0.39 is 23.6 Å². The number of rotatable bonds is 8.